The Labute approximate surface area is 77.5 Å². The Morgan fingerprint density at radius 2 is 2.17 bits per heavy atom. The lowest BCUT2D eigenvalue weighted by molar-refractivity contribution is 0.738. The number of hydrogen-bond donors (Lipinski definition) is 2. The highest BCUT2D eigenvalue weighted by Gasteiger charge is 2.02. The fourth-order valence-corrected chi connectivity index (χ4v) is 1.34. The molecule has 1 rings (SSSR count). The molecule has 1 aromatic carbocycles. The van der Waals surface area contributed by atoms with E-state index in [-0.39, 0.29) is 6.04 Å². The minimum atomic E-state index is 0.131. The summed E-state index contributed by atoms with van der Waals surface area (Å²) in [5.41, 5.74) is 12.9. The number of nitrogen functional groups attached to an aromatic ring is 1. The molecule has 0 aliphatic heterocycles. The minimum absolute atomic E-state index is 0.131. The molecule has 0 unspecified atom stereocenters. The first-order chi connectivity index (χ1) is 5.59. The number of halogens is 1. The molecule has 0 aliphatic carbocycles. The smallest absolute Gasteiger partial charge is 0.0459 e. The molecule has 0 saturated carbocycles. The summed E-state index contributed by atoms with van der Waals surface area (Å²) in [6.45, 7) is 1.95. The van der Waals surface area contributed by atoms with E-state index in [4.69, 9.17) is 23.1 Å². The third-order valence-electron chi connectivity index (χ3n) is 1.62. The molecule has 0 aliphatic rings. The van der Waals surface area contributed by atoms with Crippen molar-refractivity contribution in [1.29, 1.82) is 0 Å². The van der Waals surface area contributed by atoms with Gasteiger partial charge in [-0.25, -0.2) is 0 Å². The summed E-state index contributed by atoms with van der Waals surface area (Å²) in [5, 5.41) is 0.701. The molecule has 1 aromatic rings. The van der Waals surface area contributed by atoms with Crippen molar-refractivity contribution < 1.29 is 0 Å². The SMILES string of the molecule is C[C@@H](N)Cc1ccc(N)cc1Cl. The molecule has 0 fully saturated rings. The maximum absolute atomic E-state index is 5.94. The van der Waals surface area contributed by atoms with Crippen LogP contribution < -0.4 is 11.5 Å². The van der Waals surface area contributed by atoms with E-state index in [0.29, 0.717) is 10.7 Å². The quantitative estimate of drug-likeness (QED) is 0.689. The Kier molecular flexibility index (Phi) is 2.95. The van der Waals surface area contributed by atoms with Gasteiger partial charge in [0.05, 0.1) is 0 Å². The molecule has 0 bridgehead atoms. The molecule has 1 atom stereocenters. The monoisotopic (exact) mass is 184 g/mol. The van der Waals surface area contributed by atoms with Crippen molar-refractivity contribution in [3.05, 3.63) is 28.8 Å². The summed E-state index contributed by atoms with van der Waals surface area (Å²) in [6.07, 6.45) is 0.791. The van der Waals surface area contributed by atoms with E-state index >= 15 is 0 Å². The molecular formula is C9H13ClN2. The maximum Gasteiger partial charge on any atom is 0.0459 e. The highest BCUT2D eigenvalue weighted by Crippen LogP contribution is 2.19. The molecule has 0 aromatic heterocycles. The highest BCUT2D eigenvalue weighted by molar-refractivity contribution is 6.31. The zero-order valence-corrected chi connectivity index (χ0v) is 7.81. The zero-order chi connectivity index (χ0) is 9.14. The Morgan fingerprint density at radius 3 is 2.67 bits per heavy atom. The van der Waals surface area contributed by atoms with Gasteiger partial charge in [-0.1, -0.05) is 17.7 Å². The first kappa shape index (κ1) is 9.36. The van der Waals surface area contributed by atoms with Crippen LogP contribution in [-0.2, 0) is 6.42 Å². The summed E-state index contributed by atoms with van der Waals surface area (Å²) in [7, 11) is 0. The summed E-state index contributed by atoms with van der Waals surface area (Å²) in [4.78, 5) is 0. The molecule has 12 heavy (non-hydrogen) atoms. The van der Waals surface area contributed by atoms with Gasteiger partial charge in [0.2, 0.25) is 0 Å². The van der Waals surface area contributed by atoms with Crippen molar-refractivity contribution in [2.24, 2.45) is 5.73 Å². The third-order valence-corrected chi connectivity index (χ3v) is 1.97. The Hall–Kier alpha value is -0.730. The molecule has 0 amide bonds. The third kappa shape index (κ3) is 2.40. The van der Waals surface area contributed by atoms with Gasteiger partial charge in [0.15, 0.2) is 0 Å². The second-order valence-corrected chi connectivity index (χ2v) is 3.44. The summed E-state index contributed by atoms with van der Waals surface area (Å²) in [5.74, 6) is 0. The summed E-state index contributed by atoms with van der Waals surface area (Å²) < 4.78 is 0. The number of rotatable bonds is 2. The van der Waals surface area contributed by atoms with E-state index in [1.807, 2.05) is 19.1 Å². The first-order valence-corrected chi connectivity index (χ1v) is 4.27. The average Bonchev–Trinajstić information content (AvgIpc) is 1.94. The molecule has 0 spiro atoms. The molecular weight excluding hydrogens is 172 g/mol. The van der Waals surface area contributed by atoms with Crippen molar-refractivity contribution in [1.82, 2.24) is 0 Å². The summed E-state index contributed by atoms with van der Waals surface area (Å²) >= 11 is 5.94. The van der Waals surface area contributed by atoms with Crippen molar-refractivity contribution in [3.63, 3.8) is 0 Å². The van der Waals surface area contributed by atoms with Crippen LogP contribution >= 0.6 is 11.6 Å². The minimum Gasteiger partial charge on any atom is -0.399 e. The fraction of sp³-hybridized carbons (Fsp3) is 0.333. The van der Waals surface area contributed by atoms with Crippen LogP contribution in [0.25, 0.3) is 0 Å². The van der Waals surface area contributed by atoms with Crippen molar-refractivity contribution in [2.45, 2.75) is 19.4 Å². The van der Waals surface area contributed by atoms with E-state index in [1.165, 1.54) is 0 Å². The van der Waals surface area contributed by atoms with Gasteiger partial charge in [-0.3, -0.25) is 0 Å². The van der Waals surface area contributed by atoms with E-state index in [0.717, 1.165) is 12.0 Å². The van der Waals surface area contributed by atoms with Crippen LogP contribution in [0.15, 0.2) is 18.2 Å². The Balaban J connectivity index is 2.86. The van der Waals surface area contributed by atoms with Crippen molar-refractivity contribution in [2.75, 3.05) is 5.73 Å². The van der Waals surface area contributed by atoms with E-state index in [1.54, 1.807) is 6.07 Å². The van der Waals surface area contributed by atoms with Gasteiger partial charge in [0.1, 0.15) is 0 Å². The van der Waals surface area contributed by atoms with Gasteiger partial charge in [0.25, 0.3) is 0 Å². The number of hydrogen-bond acceptors (Lipinski definition) is 2. The second kappa shape index (κ2) is 3.78. The normalized spacial score (nSPS) is 12.9. The summed E-state index contributed by atoms with van der Waals surface area (Å²) in [6, 6.07) is 5.63. The predicted octanol–water partition coefficient (Wildman–Crippen LogP) is 1.81. The van der Waals surface area contributed by atoms with Gasteiger partial charge in [-0.15, -0.1) is 0 Å². The predicted molar refractivity (Wildman–Crippen MR) is 53.2 cm³/mol. The lowest BCUT2D eigenvalue weighted by Crippen LogP contribution is -2.17. The largest absolute Gasteiger partial charge is 0.399 e. The Morgan fingerprint density at radius 1 is 1.50 bits per heavy atom. The van der Waals surface area contributed by atoms with Gasteiger partial charge < -0.3 is 11.5 Å². The molecule has 4 N–H and O–H groups in total. The van der Waals surface area contributed by atoms with Crippen LogP contribution in [-0.4, -0.2) is 6.04 Å². The maximum atomic E-state index is 5.94. The van der Waals surface area contributed by atoms with E-state index in [2.05, 4.69) is 0 Å². The van der Waals surface area contributed by atoms with Gasteiger partial charge >= 0.3 is 0 Å². The van der Waals surface area contributed by atoms with Crippen LogP contribution in [0.2, 0.25) is 5.02 Å². The second-order valence-electron chi connectivity index (χ2n) is 3.03. The first-order valence-electron chi connectivity index (χ1n) is 3.89. The van der Waals surface area contributed by atoms with Crippen LogP contribution in [0.3, 0.4) is 0 Å². The number of anilines is 1. The molecule has 0 heterocycles. The highest BCUT2D eigenvalue weighted by atomic mass is 35.5. The Bertz CT molecular complexity index is 271. The molecule has 2 nitrogen and oxygen atoms in total. The van der Waals surface area contributed by atoms with Gasteiger partial charge in [0, 0.05) is 16.8 Å². The number of nitrogens with two attached hydrogens (primary N) is 2. The van der Waals surface area contributed by atoms with Crippen molar-refractivity contribution >= 4 is 17.3 Å². The van der Waals surface area contributed by atoms with E-state index in [9.17, 15) is 0 Å². The number of benzene rings is 1. The molecule has 0 saturated heterocycles. The average molecular weight is 185 g/mol. The molecule has 0 radical (unpaired) electrons. The van der Waals surface area contributed by atoms with Gasteiger partial charge in [-0.05, 0) is 31.0 Å². The van der Waals surface area contributed by atoms with Crippen LogP contribution in [0.5, 0.6) is 0 Å². The van der Waals surface area contributed by atoms with Crippen LogP contribution in [0.1, 0.15) is 12.5 Å². The van der Waals surface area contributed by atoms with Gasteiger partial charge in [-0.2, -0.15) is 0 Å². The zero-order valence-electron chi connectivity index (χ0n) is 7.05. The lowest BCUT2D eigenvalue weighted by atomic mass is 10.1. The standard InChI is InChI=1S/C9H13ClN2/c1-6(11)4-7-2-3-8(12)5-9(7)10/h2-3,5-6H,4,11-12H2,1H3/t6-/m1/s1. The molecule has 66 valence electrons. The van der Waals surface area contributed by atoms with Crippen molar-refractivity contribution in [3.8, 4) is 0 Å². The van der Waals surface area contributed by atoms with Crippen LogP contribution in [0, 0.1) is 0 Å². The lowest BCUT2D eigenvalue weighted by Gasteiger charge is -2.07. The van der Waals surface area contributed by atoms with E-state index < -0.39 is 0 Å². The molecule has 3 heteroatoms. The van der Waals surface area contributed by atoms with Crippen LogP contribution in [0.4, 0.5) is 5.69 Å². The fourth-order valence-electron chi connectivity index (χ4n) is 1.08. The topological polar surface area (TPSA) is 52.0 Å².